The van der Waals surface area contributed by atoms with E-state index < -0.39 is 11.7 Å². The van der Waals surface area contributed by atoms with Crippen LogP contribution in [0.2, 0.25) is 0 Å². The Kier molecular flexibility index (Phi) is 5.82. The summed E-state index contributed by atoms with van der Waals surface area (Å²) in [5, 5.41) is 12.1. The number of ether oxygens (including phenoxy) is 3. The Morgan fingerprint density at radius 3 is 2.12 bits per heavy atom. The topological polar surface area (TPSA) is 63.5 Å². The van der Waals surface area contributed by atoms with Crippen LogP contribution < -0.4 is 19.5 Å². The average Bonchev–Trinajstić information content (AvgIpc) is 2.64. The van der Waals surface area contributed by atoms with Gasteiger partial charge >= 0.3 is 6.18 Å². The second-order valence-electron chi connectivity index (χ2n) is 5.24. The van der Waals surface area contributed by atoms with Gasteiger partial charge in [-0.15, -0.1) is 0 Å². The van der Waals surface area contributed by atoms with Gasteiger partial charge in [0.25, 0.3) is 0 Å². The van der Waals surface area contributed by atoms with Crippen LogP contribution in [0, 0.1) is 11.3 Å². The molecule has 0 heterocycles. The van der Waals surface area contributed by atoms with Crippen molar-refractivity contribution in [3.05, 3.63) is 47.0 Å². The predicted molar refractivity (Wildman–Crippen MR) is 89.6 cm³/mol. The van der Waals surface area contributed by atoms with Crippen LogP contribution >= 0.6 is 0 Å². The Morgan fingerprint density at radius 1 is 0.962 bits per heavy atom. The Bertz CT molecular complexity index is 830. The number of halogens is 3. The fourth-order valence-electron chi connectivity index (χ4n) is 2.39. The van der Waals surface area contributed by atoms with Crippen molar-refractivity contribution in [2.75, 3.05) is 26.6 Å². The number of alkyl halides is 3. The molecule has 2 aromatic carbocycles. The minimum atomic E-state index is -4.50. The van der Waals surface area contributed by atoms with E-state index in [4.69, 9.17) is 19.5 Å². The van der Waals surface area contributed by atoms with E-state index in [0.29, 0.717) is 22.8 Å². The molecule has 0 bridgehead atoms. The van der Waals surface area contributed by atoms with Gasteiger partial charge < -0.3 is 19.5 Å². The zero-order valence-electron chi connectivity index (χ0n) is 14.4. The van der Waals surface area contributed by atoms with E-state index in [1.165, 1.54) is 27.4 Å². The fraction of sp³-hybridized carbons (Fsp3) is 0.278. The Morgan fingerprint density at radius 2 is 1.58 bits per heavy atom. The largest absolute Gasteiger partial charge is 0.496 e. The lowest BCUT2D eigenvalue weighted by Gasteiger charge is -2.16. The number of benzene rings is 2. The van der Waals surface area contributed by atoms with E-state index >= 15 is 0 Å². The van der Waals surface area contributed by atoms with Crippen LogP contribution in [0.3, 0.4) is 0 Å². The first-order chi connectivity index (χ1) is 12.3. The highest BCUT2D eigenvalue weighted by molar-refractivity contribution is 5.60. The number of nitrogens with zero attached hydrogens (tertiary/aromatic N) is 1. The highest BCUT2D eigenvalue weighted by Crippen LogP contribution is 2.35. The van der Waals surface area contributed by atoms with Crippen molar-refractivity contribution in [1.82, 2.24) is 0 Å². The third-order valence-corrected chi connectivity index (χ3v) is 3.72. The standard InChI is InChI=1S/C18H17F3N2O3/c1-24-15-8-17(26-3)16(25-2)7-12(15)10-23-14-5-4-13(18(19,20)21)6-11(14)9-22/h4-8,23H,10H2,1-3H3. The van der Waals surface area contributed by atoms with Gasteiger partial charge in [-0.3, -0.25) is 0 Å². The van der Waals surface area contributed by atoms with Crippen LogP contribution in [0.4, 0.5) is 18.9 Å². The number of rotatable bonds is 6. The van der Waals surface area contributed by atoms with Gasteiger partial charge in [-0.2, -0.15) is 18.4 Å². The lowest BCUT2D eigenvalue weighted by Crippen LogP contribution is -2.08. The molecule has 0 amide bonds. The quantitative estimate of drug-likeness (QED) is 0.830. The first-order valence-electron chi connectivity index (χ1n) is 7.48. The maximum atomic E-state index is 12.8. The van der Waals surface area contributed by atoms with E-state index in [9.17, 15) is 13.2 Å². The van der Waals surface area contributed by atoms with E-state index in [-0.39, 0.29) is 17.8 Å². The number of hydrogen-bond donors (Lipinski definition) is 1. The molecule has 2 rings (SSSR count). The monoisotopic (exact) mass is 366 g/mol. The van der Waals surface area contributed by atoms with Gasteiger partial charge in [0.05, 0.1) is 38.1 Å². The molecule has 0 spiro atoms. The van der Waals surface area contributed by atoms with Gasteiger partial charge in [0, 0.05) is 18.2 Å². The van der Waals surface area contributed by atoms with Gasteiger partial charge in [-0.25, -0.2) is 0 Å². The number of methoxy groups -OCH3 is 3. The van der Waals surface area contributed by atoms with E-state index in [1.54, 1.807) is 18.2 Å². The zero-order chi connectivity index (χ0) is 19.3. The normalized spacial score (nSPS) is 10.8. The van der Waals surface area contributed by atoms with Gasteiger partial charge in [0.2, 0.25) is 0 Å². The molecule has 1 N–H and O–H groups in total. The van der Waals surface area contributed by atoms with Crippen molar-refractivity contribution in [1.29, 1.82) is 5.26 Å². The third kappa shape index (κ3) is 4.11. The summed E-state index contributed by atoms with van der Waals surface area (Å²) in [5.74, 6) is 1.49. The summed E-state index contributed by atoms with van der Waals surface area (Å²) in [7, 11) is 4.48. The molecule has 138 valence electrons. The van der Waals surface area contributed by atoms with Crippen molar-refractivity contribution in [2.45, 2.75) is 12.7 Å². The number of nitriles is 1. The highest BCUT2D eigenvalue weighted by Gasteiger charge is 2.31. The average molecular weight is 366 g/mol. The second kappa shape index (κ2) is 7.87. The molecule has 0 saturated carbocycles. The van der Waals surface area contributed by atoms with E-state index in [1.807, 2.05) is 0 Å². The molecule has 8 heteroatoms. The molecule has 0 aromatic heterocycles. The van der Waals surface area contributed by atoms with Crippen molar-refractivity contribution in [3.63, 3.8) is 0 Å². The summed E-state index contributed by atoms with van der Waals surface area (Å²) >= 11 is 0. The van der Waals surface area contributed by atoms with Crippen LogP contribution in [-0.4, -0.2) is 21.3 Å². The van der Waals surface area contributed by atoms with Crippen molar-refractivity contribution in [3.8, 4) is 23.3 Å². The molecule has 0 aliphatic carbocycles. The molecule has 0 atom stereocenters. The predicted octanol–water partition coefficient (Wildman–Crippen LogP) is 4.21. The van der Waals surface area contributed by atoms with Crippen LogP contribution in [-0.2, 0) is 12.7 Å². The molecular formula is C18H17F3N2O3. The first-order valence-corrected chi connectivity index (χ1v) is 7.48. The fourth-order valence-corrected chi connectivity index (χ4v) is 2.39. The third-order valence-electron chi connectivity index (χ3n) is 3.72. The molecule has 0 fully saturated rings. The summed E-state index contributed by atoms with van der Waals surface area (Å²) in [4.78, 5) is 0. The molecule has 0 aliphatic heterocycles. The lowest BCUT2D eigenvalue weighted by atomic mass is 10.1. The van der Waals surface area contributed by atoms with E-state index in [2.05, 4.69) is 5.32 Å². The smallest absolute Gasteiger partial charge is 0.416 e. The summed E-state index contributed by atoms with van der Waals surface area (Å²) in [6.45, 7) is 0.212. The second-order valence-corrected chi connectivity index (χ2v) is 5.24. The van der Waals surface area contributed by atoms with Gasteiger partial charge in [-0.1, -0.05) is 0 Å². The molecule has 26 heavy (non-hydrogen) atoms. The zero-order valence-corrected chi connectivity index (χ0v) is 14.4. The Balaban J connectivity index is 2.30. The molecule has 0 saturated heterocycles. The number of hydrogen-bond acceptors (Lipinski definition) is 5. The van der Waals surface area contributed by atoms with Crippen molar-refractivity contribution in [2.24, 2.45) is 0 Å². The summed E-state index contributed by atoms with van der Waals surface area (Å²) in [6.07, 6.45) is -4.50. The van der Waals surface area contributed by atoms with Crippen LogP contribution in [0.15, 0.2) is 30.3 Å². The molecule has 0 radical (unpaired) electrons. The van der Waals surface area contributed by atoms with Gasteiger partial charge in [0.1, 0.15) is 11.8 Å². The maximum absolute atomic E-state index is 12.8. The lowest BCUT2D eigenvalue weighted by molar-refractivity contribution is -0.137. The highest BCUT2D eigenvalue weighted by atomic mass is 19.4. The molecular weight excluding hydrogens is 349 g/mol. The summed E-state index contributed by atoms with van der Waals surface area (Å²) in [5.41, 5.74) is 0.00819. The van der Waals surface area contributed by atoms with Crippen LogP contribution in [0.5, 0.6) is 17.2 Å². The Labute approximate surface area is 148 Å². The summed E-state index contributed by atoms with van der Waals surface area (Å²) < 4.78 is 54.1. The maximum Gasteiger partial charge on any atom is 0.416 e. The first kappa shape index (κ1) is 19.2. The number of anilines is 1. The SMILES string of the molecule is COc1cc(OC)c(OC)cc1CNc1ccc(C(F)(F)F)cc1C#N. The molecule has 0 unspecified atom stereocenters. The summed E-state index contributed by atoms with van der Waals surface area (Å²) in [6, 6.07) is 8.09. The van der Waals surface area contributed by atoms with E-state index in [0.717, 1.165) is 12.1 Å². The van der Waals surface area contributed by atoms with Gasteiger partial charge in [-0.05, 0) is 24.3 Å². The van der Waals surface area contributed by atoms with Gasteiger partial charge in [0.15, 0.2) is 11.5 Å². The van der Waals surface area contributed by atoms with Crippen LogP contribution in [0.1, 0.15) is 16.7 Å². The Hall–Kier alpha value is -3.08. The minimum absolute atomic E-state index is 0.0979. The van der Waals surface area contributed by atoms with Crippen molar-refractivity contribution >= 4 is 5.69 Å². The minimum Gasteiger partial charge on any atom is -0.496 e. The van der Waals surface area contributed by atoms with Crippen molar-refractivity contribution < 1.29 is 27.4 Å². The molecule has 0 aliphatic rings. The van der Waals surface area contributed by atoms with Crippen LogP contribution in [0.25, 0.3) is 0 Å². The molecule has 2 aromatic rings. The number of nitrogens with one attached hydrogen (secondary N) is 1. The molecule has 5 nitrogen and oxygen atoms in total.